The Morgan fingerprint density at radius 3 is 2.63 bits per heavy atom. The number of carbonyl (C=O) groups is 1. The fraction of sp³-hybridized carbons (Fsp3) is 0.161. The van der Waals surface area contributed by atoms with E-state index in [1.807, 2.05) is 28.8 Å². The largest absolute Gasteiger partial charge is 0.478 e. The molecule has 1 fully saturated rings. The maximum absolute atomic E-state index is 14.2. The Morgan fingerprint density at radius 2 is 1.93 bits per heavy atom. The molecule has 0 spiro atoms. The van der Waals surface area contributed by atoms with Gasteiger partial charge in [0.15, 0.2) is 0 Å². The molecule has 5 aromatic rings. The van der Waals surface area contributed by atoms with Gasteiger partial charge in [0, 0.05) is 23.8 Å². The van der Waals surface area contributed by atoms with Crippen molar-refractivity contribution in [2.45, 2.75) is 25.7 Å². The molecule has 9 nitrogen and oxygen atoms in total. The monoisotopic (exact) mass is 550 g/mol. The van der Waals surface area contributed by atoms with Crippen LogP contribution >= 0.6 is 0 Å². The minimum atomic E-state index is -1.01. The number of fused-ring (bicyclic) bond motifs is 1. The number of hydrogen-bond acceptors (Lipinski definition) is 7. The normalized spacial score (nSPS) is 14.3. The first-order valence-corrected chi connectivity index (χ1v) is 12.9. The number of aromatic carboxylic acids is 1. The van der Waals surface area contributed by atoms with Gasteiger partial charge in [-0.05, 0) is 67.1 Å². The molecule has 1 aliphatic heterocycles. The third kappa shape index (κ3) is 5.57. The molecule has 1 aliphatic rings. The summed E-state index contributed by atoms with van der Waals surface area (Å²) >= 11 is 0. The van der Waals surface area contributed by atoms with Crippen molar-refractivity contribution in [2.24, 2.45) is 0 Å². The Morgan fingerprint density at radius 1 is 1.10 bits per heavy atom. The van der Waals surface area contributed by atoms with Gasteiger partial charge >= 0.3 is 12.0 Å². The van der Waals surface area contributed by atoms with Gasteiger partial charge in [0.25, 0.3) is 0 Å². The number of rotatable bonds is 9. The van der Waals surface area contributed by atoms with Gasteiger partial charge in [0.05, 0.1) is 46.6 Å². The molecule has 3 heterocycles. The highest BCUT2D eigenvalue weighted by atomic mass is 19.1. The smallest absolute Gasteiger partial charge is 0.335 e. The number of nitriles is 1. The molecule has 41 heavy (non-hydrogen) atoms. The zero-order valence-electron chi connectivity index (χ0n) is 21.7. The van der Waals surface area contributed by atoms with Crippen LogP contribution in [-0.4, -0.2) is 38.3 Å². The standard InChI is InChI=1S/C31H23FN4O5/c32-25-14-19(16-33)4-5-22(25)18-40-29-3-1-2-26(34-29)20-6-9-23(10-7-20)41-31-35-27-11-8-21(30(37)38)15-28(27)36(31)17-24-12-13-39-24/h1-11,14-15,24H,12-13,17-18H2,(H,37,38)/t24-/m0/s1. The van der Waals surface area contributed by atoms with E-state index in [0.29, 0.717) is 53.1 Å². The van der Waals surface area contributed by atoms with Crippen LogP contribution in [0.2, 0.25) is 0 Å². The van der Waals surface area contributed by atoms with Crippen LogP contribution in [-0.2, 0) is 17.9 Å². The number of imidazole rings is 1. The Balaban J connectivity index is 1.19. The van der Waals surface area contributed by atoms with Crippen molar-refractivity contribution >= 4 is 17.0 Å². The lowest BCUT2D eigenvalue weighted by atomic mass is 10.1. The van der Waals surface area contributed by atoms with Gasteiger partial charge in [-0.3, -0.25) is 4.57 Å². The third-order valence-electron chi connectivity index (χ3n) is 6.78. The highest BCUT2D eigenvalue weighted by Gasteiger charge is 2.23. The highest BCUT2D eigenvalue weighted by Crippen LogP contribution is 2.30. The van der Waals surface area contributed by atoms with Gasteiger partial charge in [-0.2, -0.15) is 10.2 Å². The first kappa shape index (κ1) is 26.0. The number of carboxylic acid groups (broad SMARTS) is 1. The number of pyridine rings is 1. The molecule has 0 unspecified atom stereocenters. The van der Waals surface area contributed by atoms with Crippen LogP contribution in [0.5, 0.6) is 17.6 Å². The van der Waals surface area contributed by atoms with E-state index in [-0.39, 0.29) is 23.8 Å². The van der Waals surface area contributed by atoms with Gasteiger partial charge in [0.2, 0.25) is 5.88 Å². The van der Waals surface area contributed by atoms with Crippen molar-refractivity contribution in [3.05, 3.63) is 101 Å². The van der Waals surface area contributed by atoms with Crippen LogP contribution in [0.1, 0.15) is 27.9 Å². The van der Waals surface area contributed by atoms with Crippen LogP contribution in [0.15, 0.2) is 78.9 Å². The molecule has 0 bridgehead atoms. The molecule has 0 aliphatic carbocycles. The van der Waals surface area contributed by atoms with Gasteiger partial charge in [0.1, 0.15) is 18.2 Å². The predicted octanol–water partition coefficient (Wildman–Crippen LogP) is 5.97. The fourth-order valence-corrected chi connectivity index (χ4v) is 4.46. The second kappa shape index (κ2) is 11.1. The first-order valence-electron chi connectivity index (χ1n) is 12.9. The number of hydrogen-bond donors (Lipinski definition) is 1. The second-order valence-electron chi connectivity index (χ2n) is 9.49. The van der Waals surface area contributed by atoms with Crippen molar-refractivity contribution < 1.29 is 28.5 Å². The fourth-order valence-electron chi connectivity index (χ4n) is 4.46. The summed E-state index contributed by atoms with van der Waals surface area (Å²) < 4.78 is 33.5. The van der Waals surface area contributed by atoms with E-state index in [1.165, 1.54) is 18.2 Å². The van der Waals surface area contributed by atoms with Crippen molar-refractivity contribution in [2.75, 3.05) is 6.61 Å². The molecule has 10 heteroatoms. The molecule has 204 valence electrons. The topological polar surface area (TPSA) is 119 Å². The van der Waals surface area contributed by atoms with Crippen LogP contribution in [0, 0.1) is 17.1 Å². The summed E-state index contributed by atoms with van der Waals surface area (Å²) in [6.45, 7) is 1.17. The number of benzene rings is 3. The molecule has 0 amide bonds. The van der Waals surface area contributed by atoms with Crippen molar-refractivity contribution in [1.29, 1.82) is 5.26 Å². The highest BCUT2D eigenvalue weighted by molar-refractivity contribution is 5.92. The molecule has 0 radical (unpaired) electrons. The summed E-state index contributed by atoms with van der Waals surface area (Å²) in [6, 6.07) is 23.9. The number of carboxylic acids is 1. The molecular formula is C31H23FN4O5. The average Bonchev–Trinajstić information content (AvgIpc) is 3.30. The number of halogens is 1. The third-order valence-corrected chi connectivity index (χ3v) is 6.78. The molecule has 3 aromatic carbocycles. The Bertz CT molecular complexity index is 1790. The lowest BCUT2D eigenvalue weighted by molar-refractivity contribution is -0.0593. The van der Waals surface area contributed by atoms with E-state index in [2.05, 4.69) is 9.97 Å². The maximum Gasteiger partial charge on any atom is 0.335 e. The van der Waals surface area contributed by atoms with E-state index in [1.54, 1.807) is 42.5 Å². The van der Waals surface area contributed by atoms with Crippen LogP contribution in [0.4, 0.5) is 4.39 Å². The zero-order valence-corrected chi connectivity index (χ0v) is 21.7. The van der Waals surface area contributed by atoms with E-state index in [9.17, 15) is 14.3 Å². The van der Waals surface area contributed by atoms with Crippen molar-refractivity contribution in [3.8, 4) is 35.0 Å². The first-order chi connectivity index (χ1) is 20.0. The molecule has 1 saturated heterocycles. The average molecular weight is 551 g/mol. The number of ether oxygens (including phenoxy) is 3. The van der Waals surface area contributed by atoms with Crippen LogP contribution < -0.4 is 9.47 Å². The Kier molecular flexibility index (Phi) is 7.02. The minimum Gasteiger partial charge on any atom is -0.478 e. The molecular weight excluding hydrogens is 527 g/mol. The number of aromatic nitrogens is 3. The Labute approximate surface area is 234 Å². The van der Waals surface area contributed by atoms with Gasteiger partial charge in [-0.1, -0.05) is 12.1 Å². The molecule has 2 aromatic heterocycles. The number of nitrogens with zero attached hydrogens (tertiary/aromatic N) is 4. The summed E-state index contributed by atoms with van der Waals surface area (Å²) in [4.78, 5) is 20.7. The SMILES string of the molecule is N#Cc1ccc(COc2cccc(-c3ccc(Oc4nc5ccc(C(=O)O)cc5n4C[C@@H]4CCO4)cc3)n2)c(F)c1. The van der Waals surface area contributed by atoms with Crippen LogP contribution in [0.3, 0.4) is 0 Å². The van der Waals surface area contributed by atoms with Crippen LogP contribution in [0.25, 0.3) is 22.3 Å². The summed E-state index contributed by atoms with van der Waals surface area (Å²) in [7, 11) is 0. The predicted molar refractivity (Wildman–Crippen MR) is 146 cm³/mol. The summed E-state index contributed by atoms with van der Waals surface area (Å²) in [5.74, 6) is -0.643. The summed E-state index contributed by atoms with van der Waals surface area (Å²) in [5, 5.41) is 18.3. The van der Waals surface area contributed by atoms with Crippen molar-refractivity contribution in [1.82, 2.24) is 14.5 Å². The van der Waals surface area contributed by atoms with Gasteiger partial charge in [-0.25, -0.2) is 14.2 Å². The molecule has 1 atom stereocenters. The van der Waals surface area contributed by atoms with E-state index in [4.69, 9.17) is 19.5 Å². The maximum atomic E-state index is 14.2. The molecule has 0 saturated carbocycles. The van der Waals surface area contributed by atoms with Gasteiger partial charge < -0.3 is 19.3 Å². The summed E-state index contributed by atoms with van der Waals surface area (Å²) in [5.41, 5.74) is 3.50. The lowest BCUT2D eigenvalue weighted by Crippen LogP contribution is -2.31. The minimum absolute atomic E-state index is 0.0135. The molecule has 1 N–H and O–H groups in total. The van der Waals surface area contributed by atoms with E-state index >= 15 is 0 Å². The Hall–Kier alpha value is -5.27. The van der Waals surface area contributed by atoms with E-state index in [0.717, 1.165) is 12.0 Å². The quantitative estimate of drug-likeness (QED) is 0.239. The molecule has 6 rings (SSSR count). The second-order valence-corrected chi connectivity index (χ2v) is 9.49. The zero-order chi connectivity index (χ0) is 28.3. The lowest BCUT2D eigenvalue weighted by Gasteiger charge is -2.27. The summed E-state index contributed by atoms with van der Waals surface area (Å²) in [6.07, 6.45) is 0.921. The van der Waals surface area contributed by atoms with Gasteiger partial charge in [-0.15, -0.1) is 0 Å². The van der Waals surface area contributed by atoms with E-state index < -0.39 is 11.8 Å². The van der Waals surface area contributed by atoms with Crippen molar-refractivity contribution in [3.63, 3.8) is 0 Å².